The molecule has 0 bridgehead atoms. The maximum atomic E-state index is 12.1. The second-order valence-corrected chi connectivity index (χ2v) is 5.48. The zero-order valence-corrected chi connectivity index (χ0v) is 12.3. The number of aryl methyl sites for hydroxylation is 2. The third-order valence-corrected chi connectivity index (χ3v) is 3.94. The van der Waals surface area contributed by atoms with E-state index in [1.54, 1.807) is 6.92 Å². The fraction of sp³-hybridized carbons (Fsp3) is 0.583. The van der Waals surface area contributed by atoms with E-state index in [-0.39, 0.29) is 6.61 Å². The summed E-state index contributed by atoms with van der Waals surface area (Å²) in [5.74, 6) is -1.57. The molecule has 1 amide bonds. The predicted octanol–water partition coefficient (Wildman–Crippen LogP) is 1.23. The number of hydrogen-bond donors (Lipinski definition) is 2. The van der Waals surface area contributed by atoms with Crippen LogP contribution < -0.4 is 5.32 Å². The number of carboxylic acids is 1. The van der Waals surface area contributed by atoms with Crippen LogP contribution in [-0.4, -0.2) is 41.2 Å². The highest BCUT2D eigenvalue weighted by atomic mass is 32.1. The molecule has 1 aromatic rings. The van der Waals surface area contributed by atoms with Crippen molar-refractivity contribution in [3.63, 3.8) is 0 Å². The number of ether oxygens (including phenoxy) is 1. The Bertz CT molecular complexity index is 486. The maximum absolute atomic E-state index is 12.1. The van der Waals surface area contributed by atoms with Crippen LogP contribution in [0.4, 0.5) is 0 Å². The van der Waals surface area contributed by atoms with Gasteiger partial charge in [-0.15, -0.1) is 11.3 Å². The largest absolute Gasteiger partial charge is 0.479 e. The zero-order valence-electron chi connectivity index (χ0n) is 11.4. The quantitative estimate of drug-likeness (QED) is 0.821. The summed E-state index contributed by atoms with van der Waals surface area (Å²) < 4.78 is 4.85. The molecular formula is C12H18N2O4S. The van der Waals surface area contributed by atoms with E-state index in [1.807, 2.05) is 6.92 Å². The summed E-state index contributed by atoms with van der Waals surface area (Å²) in [5.41, 5.74) is -0.834. The smallest absolute Gasteiger partial charge is 0.331 e. The Balaban J connectivity index is 2.93. The van der Waals surface area contributed by atoms with Crippen molar-refractivity contribution in [2.75, 3.05) is 13.7 Å². The molecule has 0 aliphatic rings. The maximum Gasteiger partial charge on any atom is 0.331 e. The van der Waals surface area contributed by atoms with Gasteiger partial charge in [-0.3, -0.25) is 4.79 Å². The molecular weight excluding hydrogens is 268 g/mol. The Morgan fingerprint density at radius 2 is 2.16 bits per heavy atom. The summed E-state index contributed by atoms with van der Waals surface area (Å²) in [6.45, 7) is 4.99. The lowest BCUT2D eigenvalue weighted by atomic mass is 10.0. The molecule has 106 valence electrons. The number of rotatable bonds is 6. The van der Waals surface area contributed by atoms with Crippen molar-refractivity contribution < 1.29 is 19.4 Å². The Morgan fingerprint density at radius 3 is 2.58 bits per heavy atom. The average molecular weight is 286 g/mol. The van der Waals surface area contributed by atoms with E-state index in [1.165, 1.54) is 25.4 Å². The fourth-order valence-electron chi connectivity index (χ4n) is 1.56. The molecule has 0 aliphatic carbocycles. The Kier molecular flexibility index (Phi) is 5.02. The van der Waals surface area contributed by atoms with E-state index in [0.29, 0.717) is 10.6 Å². The predicted molar refractivity (Wildman–Crippen MR) is 71.6 cm³/mol. The van der Waals surface area contributed by atoms with Crippen LogP contribution >= 0.6 is 11.3 Å². The molecule has 0 saturated heterocycles. The third kappa shape index (κ3) is 3.51. The first kappa shape index (κ1) is 15.6. The van der Waals surface area contributed by atoms with Crippen molar-refractivity contribution in [3.8, 4) is 0 Å². The monoisotopic (exact) mass is 286 g/mol. The summed E-state index contributed by atoms with van der Waals surface area (Å²) in [4.78, 5) is 28.0. The number of thiazole rings is 1. The standard InChI is InChI=1S/C12H18N2O4S/c1-5-8-13-7(2)9(19-8)10(15)14-12(3,6-18-4)11(16)17/h5-6H2,1-4H3,(H,14,15)(H,16,17). The van der Waals surface area contributed by atoms with Gasteiger partial charge in [0.15, 0.2) is 5.54 Å². The lowest BCUT2D eigenvalue weighted by Crippen LogP contribution is -2.55. The van der Waals surface area contributed by atoms with Crippen molar-refractivity contribution in [2.24, 2.45) is 0 Å². The number of carboxylic acid groups (broad SMARTS) is 1. The number of nitrogens with one attached hydrogen (secondary N) is 1. The Morgan fingerprint density at radius 1 is 1.53 bits per heavy atom. The number of nitrogens with zero attached hydrogens (tertiary/aromatic N) is 1. The summed E-state index contributed by atoms with van der Waals surface area (Å²) in [6, 6.07) is 0. The average Bonchev–Trinajstić information content (AvgIpc) is 2.70. The molecule has 1 rings (SSSR count). The summed E-state index contributed by atoms with van der Waals surface area (Å²) in [6.07, 6.45) is 0.743. The van der Waals surface area contributed by atoms with Gasteiger partial charge in [0.25, 0.3) is 5.91 Å². The van der Waals surface area contributed by atoms with E-state index >= 15 is 0 Å². The van der Waals surface area contributed by atoms with Gasteiger partial charge in [-0.1, -0.05) is 6.92 Å². The first-order valence-corrected chi connectivity index (χ1v) is 6.66. The molecule has 19 heavy (non-hydrogen) atoms. The molecule has 0 aromatic carbocycles. The van der Waals surface area contributed by atoms with Gasteiger partial charge in [-0.2, -0.15) is 0 Å². The van der Waals surface area contributed by atoms with E-state index in [2.05, 4.69) is 10.3 Å². The molecule has 0 radical (unpaired) electrons. The first-order valence-electron chi connectivity index (χ1n) is 5.85. The van der Waals surface area contributed by atoms with Crippen LogP contribution in [0, 0.1) is 6.92 Å². The van der Waals surface area contributed by atoms with Gasteiger partial charge in [0.05, 0.1) is 17.3 Å². The molecule has 7 heteroatoms. The van der Waals surface area contributed by atoms with Crippen molar-refractivity contribution in [1.29, 1.82) is 0 Å². The molecule has 0 saturated carbocycles. The van der Waals surface area contributed by atoms with E-state index < -0.39 is 17.4 Å². The minimum atomic E-state index is -1.45. The fourth-order valence-corrected chi connectivity index (χ4v) is 2.46. The molecule has 0 fully saturated rings. The van der Waals surface area contributed by atoms with E-state index in [4.69, 9.17) is 4.74 Å². The molecule has 0 spiro atoms. The summed E-state index contributed by atoms with van der Waals surface area (Å²) >= 11 is 1.28. The van der Waals surface area contributed by atoms with E-state index in [9.17, 15) is 14.7 Å². The van der Waals surface area contributed by atoms with Gasteiger partial charge in [-0.25, -0.2) is 9.78 Å². The minimum absolute atomic E-state index is 0.105. The summed E-state index contributed by atoms with van der Waals surface area (Å²) in [5, 5.41) is 12.5. The van der Waals surface area contributed by atoms with Crippen LogP contribution in [0.15, 0.2) is 0 Å². The number of amides is 1. The topological polar surface area (TPSA) is 88.5 Å². The van der Waals surface area contributed by atoms with Gasteiger partial charge >= 0.3 is 5.97 Å². The van der Waals surface area contributed by atoms with E-state index in [0.717, 1.165) is 11.4 Å². The normalized spacial score (nSPS) is 13.9. The summed E-state index contributed by atoms with van der Waals surface area (Å²) in [7, 11) is 1.39. The van der Waals surface area contributed by atoms with Crippen LogP contribution in [0.25, 0.3) is 0 Å². The van der Waals surface area contributed by atoms with Crippen molar-refractivity contribution in [1.82, 2.24) is 10.3 Å². The SMILES string of the molecule is CCc1nc(C)c(C(=O)NC(C)(COC)C(=O)O)s1. The first-order chi connectivity index (χ1) is 8.84. The third-order valence-electron chi connectivity index (χ3n) is 2.64. The highest BCUT2D eigenvalue weighted by molar-refractivity contribution is 7.13. The second kappa shape index (κ2) is 6.12. The number of carbonyl (C=O) groups excluding carboxylic acids is 1. The molecule has 1 atom stereocenters. The van der Waals surface area contributed by atoms with Gasteiger partial charge < -0.3 is 15.2 Å². The van der Waals surface area contributed by atoms with Gasteiger partial charge in [-0.05, 0) is 20.3 Å². The van der Waals surface area contributed by atoms with Gasteiger partial charge in [0.2, 0.25) is 0 Å². The van der Waals surface area contributed by atoms with Crippen molar-refractivity contribution >= 4 is 23.2 Å². The van der Waals surface area contributed by atoms with Gasteiger partial charge in [0.1, 0.15) is 4.88 Å². The lowest BCUT2D eigenvalue weighted by molar-refractivity contribution is -0.145. The number of aromatic nitrogens is 1. The molecule has 0 aliphatic heterocycles. The molecule has 6 nitrogen and oxygen atoms in total. The highest BCUT2D eigenvalue weighted by Crippen LogP contribution is 2.19. The lowest BCUT2D eigenvalue weighted by Gasteiger charge is -2.24. The number of methoxy groups -OCH3 is 1. The van der Waals surface area contributed by atoms with Crippen molar-refractivity contribution in [3.05, 3.63) is 15.6 Å². The Labute approximate surface area is 115 Å². The second-order valence-electron chi connectivity index (χ2n) is 4.40. The number of carbonyl (C=O) groups is 2. The van der Waals surface area contributed by atoms with Crippen LogP contribution in [0.2, 0.25) is 0 Å². The molecule has 1 heterocycles. The number of hydrogen-bond acceptors (Lipinski definition) is 5. The van der Waals surface area contributed by atoms with Crippen LogP contribution in [-0.2, 0) is 16.0 Å². The van der Waals surface area contributed by atoms with Crippen LogP contribution in [0.1, 0.15) is 34.2 Å². The van der Waals surface area contributed by atoms with Crippen LogP contribution in [0.3, 0.4) is 0 Å². The van der Waals surface area contributed by atoms with Gasteiger partial charge in [0, 0.05) is 7.11 Å². The number of aliphatic carboxylic acids is 1. The van der Waals surface area contributed by atoms with Crippen LogP contribution in [0.5, 0.6) is 0 Å². The Hall–Kier alpha value is -1.47. The highest BCUT2D eigenvalue weighted by Gasteiger charge is 2.36. The van der Waals surface area contributed by atoms with Crippen molar-refractivity contribution in [2.45, 2.75) is 32.7 Å². The molecule has 2 N–H and O–H groups in total. The minimum Gasteiger partial charge on any atom is -0.479 e. The molecule has 1 aromatic heterocycles. The molecule has 1 unspecified atom stereocenters. The zero-order chi connectivity index (χ0) is 14.6.